The van der Waals surface area contributed by atoms with Crippen LogP contribution < -0.4 is 22.0 Å². The van der Waals surface area contributed by atoms with Crippen LogP contribution in [0.2, 0.25) is 0 Å². The summed E-state index contributed by atoms with van der Waals surface area (Å²) in [5, 5.41) is 11.6. The van der Waals surface area contributed by atoms with Crippen molar-refractivity contribution in [2.24, 2.45) is 0 Å². The third kappa shape index (κ3) is 4.57. The fourth-order valence-corrected chi connectivity index (χ4v) is 2.89. The zero-order valence-corrected chi connectivity index (χ0v) is 14.5. The Labute approximate surface area is 148 Å². The number of nitrogens with one attached hydrogen (secondary N) is 2. The lowest BCUT2D eigenvalue weighted by Crippen LogP contribution is -2.41. The number of nitrogens with two attached hydrogens (primary N) is 1. The van der Waals surface area contributed by atoms with Gasteiger partial charge in [0.05, 0.1) is 0 Å². The van der Waals surface area contributed by atoms with Crippen molar-refractivity contribution in [1.82, 2.24) is 25.5 Å². The first-order valence-corrected chi connectivity index (χ1v) is 8.33. The van der Waals surface area contributed by atoms with Crippen LogP contribution in [-0.4, -0.2) is 33.4 Å². The number of hydrogen-bond acceptors (Lipinski definition) is 7. The lowest BCUT2D eigenvalue weighted by molar-refractivity contribution is -0.119. The highest BCUT2D eigenvalue weighted by Gasteiger charge is 2.26. The summed E-state index contributed by atoms with van der Waals surface area (Å²) < 4.78 is 0.836. The number of amides is 3. The van der Waals surface area contributed by atoms with Gasteiger partial charge in [-0.05, 0) is 19.4 Å². The molecule has 0 fully saturated rings. The van der Waals surface area contributed by atoms with Crippen LogP contribution in [0, 0.1) is 6.92 Å². The second kappa shape index (κ2) is 8.29. The molecule has 1 aromatic heterocycles. The number of imide groups is 1. The normalized spacial score (nSPS) is 11.6. The first kappa shape index (κ1) is 18.5. The van der Waals surface area contributed by atoms with Crippen molar-refractivity contribution in [1.29, 1.82) is 0 Å². The molecule has 2 aromatic rings. The highest BCUT2D eigenvalue weighted by atomic mass is 32.2. The average Bonchev–Trinajstić information content (AvgIpc) is 2.60. The number of carbonyl (C=O) groups excluding carboxylic acids is 2. The van der Waals surface area contributed by atoms with Gasteiger partial charge in [-0.2, -0.15) is 4.68 Å². The topological polar surface area (TPSA) is 132 Å². The van der Waals surface area contributed by atoms with Crippen LogP contribution in [0.1, 0.15) is 23.4 Å². The molecule has 1 aromatic carbocycles. The number of aryl methyl sites for hydroxylation is 1. The Balaban J connectivity index is 2.33. The van der Waals surface area contributed by atoms with Gasteiger partial charge in [-0.15, -0.1) is 10.2 Å². The van der Waals surface area contributed by atoms with Gasteiger partial charge in [0, 0.05) is 6.54 Å². The largest absolute Gasteiger partial charge is 0.338 e. The molecule has 0 saturated heterocycles. The Kier molecular flexibility index (Phi) is 6.12. The summed E-state index contributed by atoms with van der Waals surface area (Å²) in [7, 11) is 0. The first-order chi connectivity index (χ1) is 11.9. The van der Waals surface area contributed by atoms with E-state index < -0.39 is 22.7 Å². The lowest BCUT2D eigenvalue weighted by atomic mass is 10.1. The molecular weight excluding hydrogens is 344 g/mol. The molecule has 0 unspecified atom stereocenters. The molecular formula is C15H18N6O3S. The zero-order chi connectivity index (χ0) is 18.4. The number of aromatic nitrogens is 3. The van der Waals surface area contributed by atoms with E-state index in [2.05, 4.69) is 20.8 Å². The number of nitrogen functional groups attached to an aromatic ring is 1. The standard InChI is InChI=1S/C15H18N6O3S/c1-3-17-14(24)18-12(22)11(10-7-5-4-6-8-10)25-15-20-19-9(2)13(23)21(15)16/h4-8,11H,3,16H2,1-2H3,(H2,17,18,22,24)/t11-/m1/s1. The van der Waals surface area contributed by atoms with E-state index in [0.29, 0.717) is 12.1 Å². The maximum atomic E-state index is 12.5. The Morgan fingerprint density at radius 1 is 1.28 bits per heavy atom. The first-order valence-electron chi connectivity index (χ1n) is 7.45. The van der Waals surface area contributed by atoms with E-state index in [4.69, 9.17) is 5.84 Å². The number of hydrogen-bond donors (Lipinski definition) is 3. The van der Waals surface area contributed by atoms with Crippen molar-refractivity contribution in [2.45, 2.75) is 24.3 Å². The molecule has 3 amide bonds. The van der Waals surface area contributed by atoms with E-state index in [-0.39, 0.29) is 10.9 Å². The van der Waals surface area contributed by atoms with E-state index in [0.717, 1.165) is 16.4 Å². The molecule has 132 valence electrons. The molecule has 2 rings (SSSR count). The van der Waals surface area contributed by atoms with Crippen LogP contribution in [0.4, 0.5) is 4.79 Å². The molecule has 9 nitrogen and oxygen atoms in total. The van der Waals surface area contributed by atoms with Gasteiger partial charge in [-0.1, -0.05) is 42.1 Å². The molecule has 1 heterocycles. The van der Waals surface area contributed by atoms with E-state index in [1.54, 1.807) is 37.3 Å². The van der Waals surface area contributed by atoms with Crippen molar-refractivity contribution in [2.75, 3.05) is 12.4 Å². The second-order valence-corrected chi connectivity index (χ2v) is 6.07. The number of rotatable bonds is 5. The maximum Gasteiger partial charge on any atom is 0.321 e. The Bertz CT molecular complexity index is 824. The van der Waals surface area contributed by atoms with Crippen molar-refractivity contribution < 1.29 is 9.59 Å². The van der Waals surface area contributed by atoms with Crippen LogP contribution in [0.15, 0.2) is 40.3 Å². The summed E-state index contributed by atoms with van der Waals surface area (Å²) in [6.45, 7) is 3.61. The minimum atomic E-state index is -0.838. The minimum Gasteiger partial charge on any atom is -0.338 e. The molecule has 0 bridgehead atoms. The van der Waals surface area contributed by atoms with Crippen molar-refractivity contribution in [3.63, 3.8) is 0 Å². The monoisotopic (exact) mass is 362 g/mol. The quantitative estimate of drug-likeness (QED) is 0.516. The number of nitrogens with zero attached hydrogens (tertiary/aromatic N) is 3. The zero-order valence-electron chi connectivity index (χ0n) is 13.7. The van der Waals surface area contributed by atoms with E-state index in [9.17, 15) is 14.4 Å². The Morgan fingerprint density at radius 2 is 1.96 bits per heavy atom. The molecule has 0 aliphatic heterocycles. The highest BCUT2D eigenvalue weighted by molar-refractivity contribution is 8.00. The van der Waals surface area contributed by atoms with Gasteiger partial charge in [-0.3, -0.25) is 14.9 Å². The number of benzene rings is 1. The average molecular weight is 362 g/mol. The van der Waals surface area contributed by atoms with E-state index >= 15 is 0 Å². The molecule has 4 N–H and O–H groups in total. The molecule has 0 aliphatic rings. The SMILES string of the molecule is CCNC(=O)NC(=O)[C@H](Sc1nnc(C)c(=O)n1N)c1ccccc1. The molecule has 0 aliphatic carbocycles. The van der Waals surface area contributed by atoms with Crippen LogP contribution >= 0.6 is 11.8 Å². The summed E-state index contributed by atoms with van der Waals surface area (Å²) in [6.07, 6.45) is 0. The minimum absolute atomic E-state index is 0.0653. The number of carbonyl (C=O) groups is 2. The van der Waals surface area contributed by atoms with Crippen LogP contribution in [0.3, 0.4) is 0 Å². The van der Waals surface area contributed by atoms with Crippen LogP contribution in [0.25, 0.3) is 0 Å². The van der Waals surface area contributed by atoms with E-state index in [1.807, 2.05) is 0 Å². The van der Waals surface area contributed by atoms with Gasteiger partial charge in [0.2, 0.25) is 11.1 Å². The van der Waals surface area contributed by atoms with Gasteiger partial charge < -0.3 is 11.2 Å². The summed E-state index contributed by atoms with van der Waals surface area (Å²) in [5.74, 6) is 5.17. The Hall–Kier alpha value is -2.88. The summed E-state index contributed by atoms with van der Waals surface area (Å²) in [6, 6.07) is 8.19. The third-order valence-electron chi connectivity index (χ3n) is 3.16. The molecule has 10 heteroatoms. The molecule has 25 heavy (non-hydrogen) atoms. The van der Waals surface area contributed by atoms with Gasteiger partial charge in [0.15, 0.2) is 0 Å². The lowest BCUT2D eigenvalue weighted by Gasteiger charge is -2.16. The van der Waals surface area contributed by atoms with Crippen molar-refractivity contribution in [3.8, 4) is 0 Å². The summed E-state index contributed by atoms with van der Waals surface area (Å²) in [5.41, 5.74) is 0.271. The molecule has 0 spiro atoms. The van der Waals surface area contributed by atoms with Gasteiger partial charge in [0.1, 0.15) is 10.9 Å². The van der Waals surface area contributed by atoms with Crippen molar-refractivity contribution >= 4 is 23.7 Å². The summed E-state index contributed by atoms with van der Waals surface area (Å²) in [4.78, 5) is 36.1. The number of thioether (sulfide) groups is 1. The highest BCUT2D eigenvalue weighted by Crippen LogP contribution is 2.33. The predicted molar refractivity (Wildman–Crippen MR) is 93.4 cm³/mol. The fourth-order valence-electron chi connectivity index (χ4n) is 1.94. The predicted octanol–water partition coefficient (Wildman–Crippen LogP) is 0.340. The van der Waals surface area contributed by atoms with Gasteiger partial charge in [-0.25, -0.2) is 4.79 Å². The smallest absolute Gasteiger partial charge is 0.321 e. The fraction of sp³-hybridized carbons (Fsp3) is 0.267. The maximum absolute atomic E-state index is 12.5. The molecule has 1 atom stereocenters. The Morgan fingerprint density at radius 3 is 2.60 bits per heavy atom. The second-order valence-electron chi connectivity index (χ2n) is 5.00. The van der Waals surface area contributed by atoms with Gasteiger partial charge in [0.25, 0.3) is 5.56 Å². The van der Waals surface area contributed by atoms with Crippen molar-refractivity contribution in [3.05, 3.63) is 51.9 Å². The molecule has 0 saturated carbocycles. The van der Waals surface area contributed by atoms with Gasteiger partial charge >= 0.3 is 6.03 Å². The number of urea groups is 1. The summed E-state index contributed by atoms with van der Waals surface area (Å²) >= 11 is 0.932. The molecule has 0 radical (unpaired) electrons. The van der Waals surface area contributed by atoms with Crippen LogP contribution in [-0.2, 0) is 4.79 Å². The van der Waals surface area contributed by atoms with E-state index in [1.165, 1.54) is 6.92 Å². The third-order valence-corrected chi connectivity index (χ3v) is 4.37. The van der Waals surface area contributed by atoms with Crippen LogP contribution in [0.5, 0.6) is 0 Å².